The van der Waals surface area contributed by atoms with Gasteiger partial charge in [-0.1, -0.05) is 13.8 Å². The summed E-state index contributed by atoms with van der Waals surface area (Å²) in [6, 6.07) is 2.43. The highest BCUT2D eigenvalue weighted by Crippen LogP contribution is 2.12. The summed E-state index contributed by atoms with van der Waals surface area (Å²) in [5.41, 5.74) is 1.13. The fourth-order valence-electron chi connectivity index (χ4n) is 2.66. The Morgan fingerprint density at radius 3 is 3.00 bits per heavy atom. The predicted octanol–water partition coefficient (Wildman–Crippen LogP) is 0.661. The maximum Gasteiger partial charge on any atom is 0.0859 e. The van der Waals surface area contributed by atoms with Gasteiger partial charge in [0.1, 0.15) is 0 Å². The van der Waals surface area contributed by atoms with Crippen LogP contribution in [0.15, 0.2) is 12.3 Å². The molecular formula is C14H26N4O. The van der Waals surface area contributed by atoms with Gasteiger partial charge in [0.25, 0.3) is 0 Å². The molecule has 19 heavy (non-hydrogen) atoms. The highest BCUT2D eigenvalue weighted by Gasteiger charge is 2.27. The van der Waals surface area contributed by atoms with Crippen molar-refractivity contribution >= 4 is 0 Å². The number of likely N-dealkylation sites (N-methyl/N-ethyl adjacent to an activating group) is 2. The zero-order valence-corrected chi connectivity index (χ0v) is 12.3. The number of morpholine rings is 1. The van der Waals surface area contributed by atoms with Crippen LogP contribution < -0.4 is 5.32 Å². The molecule has 1 aromatic heterocycles. The smallest absolute Gasteiger partial charge is 0.0859 e. The summed E-state index contributed by atoms with van der Waals surface area (Å²) < 4.78 is 7.82. The number of aryl methyl sites for hydroxylation is 1. The Labute approximate surface area is 115 Å². The minimum Gasteiger partial charge on any atom is -0.374 e. The van der Waals surface area contributed by atoms with Gasteiger partial charge in [0, 0.05) is 38.8 Å². The first-order valence-electron chi connectivity index (χ1n) is 7.28. The Balaban J connectivity index is 1.98. The molecule has 108 valence electrons. The molecule has 1 fully saturated rings. The minimum atomic E-state index is 0.260. The summed E-state index contributed by atoms with van der Waals surface area (Å²) in [5.74, 6) is 0. The maximum atomic E-state index is 5.96. The van der Waals surface area contributed by atoms with Crippen LogP contribution in [0.2, 0.25) is 0 Å². The summed E-state index contributed by atoms with van der Waals surface area (Å²) >= 11 is 0. The van der Waals surface area contributed by atoms with E-state index in [1.807, 2.05) is 17.9 Å². The highest BCUT2D eigenvalue weighted by molar-refractivity contribution is 5.03. The number of nitrogens with one attached hydrogen (secondary N) is 1. The van der Waals surface area contributed by atoms with E-state index in [1.54, 1.807) is 0 Å². The normalized spacial score (nSPS) is 22.6. The van der Waals surface area contributed by atoms with Gasteiger partial charge in [0.05, 0.1) is 18.4 Å². The second-order valence-corrected chi connectivity index (χ2v) is 5.15. The van der Waals surface area contributed by atoms with Crippen molar-refractivity contribution in [3.63, 3.8) is 0 Å². The molecule has 0 amide bonds. The molecule has 0 spiro atoms. The molecule has 2 atom stereocenters. The average Bonchev–Trinajstić information content (AvgIpc) is 2.84. The van der Waals surface area contributed by atoms with Gasteiger partial charge >= 0.3 is 0 Å². The van der Waals surface area contributed by atoms with E-state index in [9.17, 15) is 0 Å². The number of ether oxygens (including phenoxy) is 1. The van der Waals surface area contributed by atoms with Crippen molar-refractivity contribution in [2.75, 3.05) is 32.8 Å². The first-order valence-corrected chi connectivity index (χ1v) is 7.28. The third-order valence-electron chi connectivity index (χ3n) is 3.74. The topological polar surface area (TPSA) is 42.3 Å². The Bertz CT molecular complexity index is 379. The van der Waals surface area contributed by atoms with Crippen molar-refractivity contribution in [3.8, 4) is 0 Å². The molecule has 0 saturated carbocycles. The highest BCUT2D eigenvalue weighted by atomic mass is 16.5. The lowest BCUT2D eigenvalue weighted by Crippen LogP contribution is -2.53. The van der Waals surface area contributed by atoms with E-state index in [1.165, 1.54) is 0 Å². The van der Waals surface area contributed by atoms with Crippen molar-refractivity contribution < 1.29 is 4.74 Å². The zero-order valence-electron chi connectivity index (χ0n) is 12.3. The molecule has 0 aromatic carbocycles. The van der Waals surface area contributed by atoms with Gasteiger partial charge in [-0.25, -0.2) is 0 Å². The van der Waals surface area contributed by atoms with Crippen LogP contribution in [0.25, 0.3) is 0 Å². The molecule has 2 heterocycles. The third-order valence-corrected chi connectivity index (χ3v) is 3.74. The van der Waals surface area contributed by atoms with Crippen LogP contribution in [0.5, 0.6) is 0 Å². The first-order chi connectivity index (χ1) is 9.22. The van der Waals surface area contributed by atoms with Crippen LogP contribution in [-0.4, -0.2) is 59.6 Å². The second kappa shape index (κ2) is 7.03. The van der Waals surface area contributed by atoms with Crippen LogP contribution in [0.1, 0.15) is 19.5 Å². The molecule has 5 heteroatoms. The second-order valence-electron chi connectivity index (χ2n) is 5.15. The fraction of sp³-hybridized carbons (Fsp3) is 0.786. The van der Waals surface area contributed by atoms with Crippen molar-refractivity contribution in [1.82, 2.24) is 20.0 Å². The van der Waals surface area contributed by atoms with E-state index < -0.39 is 0 Å². The number of rotatable bonds is 6. The van der Waals surface area contributed by atoms with Crippen molar-refractivity contribution in [2.45, 2.75) is 32.4 Å². The summed E-state index contributed by atoms with van der Waals surface area (Å²) in [6.07, 6.45) is 3.19. The van der Waals surface area contributed by atoms with E-state index in [0.29, 0.717) is 6.04 Å². The van der Waals surface area contributed by atoms with Crippen LogP contribution >= 0.6 is 0 Å². The van der Waals surface area contributed by atoms with Gasteiger partial charge in [-0.15, -0.1) is 0 Å². The summed E-state index contributed by atoms with van der Waals surface area (Å²) in [7, 11) is 1.96. The molecule has 0 radical (unpaired) electrons. The van der Waals surface area contributed by atoms with Crippen molar-refractivity contribution in [2.24, 2.45) is 7.05 Å². The summed E-state index contributed by atoms with van der Waals surface area (Å²) in [5, 5.41) is 8.03. The van der Waals surface area contributed by atoms with Gasteiger partial charge < -0.3 is 10.1 Å². The lowest BCUT2D eigenvalue weighted by Gasteiger charge is -2.36. The molecule has 2 unspecified atom stereocenters. The molecule has 1 aliphatic rings. The van der Waals surface area contributed by atoms with E-state index in [-0.39, 0.29) is 6.10 Å². The molecular weight excluding hydrogens is 240 g/mol. The summed E-state index contributed by atoms with van der Waals surface area (Å²) in [6.45, 7) is 9.32. The van der Waals surface area contributed by atoms with Crippen LogP contribution in [0.3, 0.4) is 0 Å². The lowest BCUT2D eigenvalue weighted by atomic mass is 10.0. The van der Waals surface area contributed by atoms with Crippen molar-refractivity contribution in [1.29, 1.82) is 0 Å². The van der Waals surface area contributed by atoms with Gasteiger partial charge in [0.2, 0.25) is 0 Å². The number of nitrogens with zero attached hydrogens (tertiary/aromatic N) is 3. The molecule has 1 N–H and O–H groups in total. The first kappa shape index (κ1) is 14.5. The zero-order chi connectivity index (χ0) is 13.7. The monoisotopic (exact) mass is 266 g/mol. The quantitative estimate of drug-likeness (QED) is 0.821. The van der Waals surface area contributed by atoms with Crippen LogP contribution in [0.4, 0.5) is 0 Å². The molecule has 1 saturated heterocycles. The summed E-state index contributed by atoms with van der Waals surface area (Å²) in [4.78, 5) is 2.46. The van der Waals surface area contributed by atoms with Crippen LogP contribution in [0, 0.1) is 0 Å². The van der Waals surface area contributed by atoms with E-state index >= 15 is 0 Å². The number of aromatic nitrogens is 2. The number of hydrogen-bond acceptors (Lipinski definition) is 4. The molecule has 1 aromatic rings. The molecule has 0 aliphatic carbocycles. The Morgan fingerprint density at radius 2 is 2.37 bits per heavy atom. The maximum absolute atomic E-state index is 5.96. The third kappa shape index (κ3) is 4.03. The predicted molar refractivity (Wildman–Crippen MR) is 76.2 cm³/mol. The van der Waals surface area contributed by atoms with Crippen molar-refractivity contribution in [3.05, 3.63) is 18.0 Å². The van der Waals surface area contributed by atoms with E-state index in [0.717, 1.165) is 44.9 Å². The van der Waals surface area contributed by atoms with Gasteiger partial charge in [-0.2, -0.15) is 5.10 Å². The largest absolute Gasteiger partial charge is 0.374 e. The van der Waals surface area contributed by atoms with Gasteiger partial charge in [-0.3, -0.25) is 9.58 Å². The average molecular weight is 266 g/mol. The Kier molecular flexibility index (Phi) is 5.36. The van der Waals surface area contributed by atoms with Crippen LogP contribution in [-0.2, 0) is 18.2 Å². The molecule has 1 aliphatic heterocycles. The number of hydrogen-bond donors (Lipinski definition) is 1. The minimum absolute atomic E-state index is 0.260. The SMILES string of the molecule is CCNC(Cc1ccn(C)n1)C1CN(CC)CCO1. The standard InChI is InChI=1S/C14H26N4O/c1-4-15-13(10-12-6-7-17(3)16-12)14-11-18(5-2)8-9-19-14/h6-7,13-15H,4-5,8-11H2,1-3H3. The fourth-order valence-corrected chi connectivity index (χ4v) is 2.66. The lowest BCUT2D eigenvalue weighted by molar-refractivity contribution is -0.0446. The van der Waals surface area contributed by atoms with E-state index in [4.69, 9.17) is 4.74 Å². The van der Waals surface area contributed by atoms with E-state index in [2.05, 4.69) is 35.2 Å². The molecule has 0 bridgehead atoms. The Hall–Kier alpha value is -0.910. The van der Waals surface area contributed by atoms with Gasteiger partial charge in [-0.05, 0) is 19.2 Å². The molecule has 2 rings (SSSR count). The van der Waals surface area contributed by atoms with Gasteiger partial charge in [0.15, 0.2) is 0 Å². The molecule has 5 nitrogen and oxygen atoms in total. The Morgan fingerprint density at radius 1 is 1.53 bits per heavy atom.